The predicted molar refractivity (Wildman–Crippen MR) is 70.0 cm³/mol. The van der Waals surface area contributed by atoms with E-state index < -0.39 is 16.9 Å². The molecule has 108 valence electrons. The van der Waals surface area contributed by atoms with Crippen molar-refractivity contribution < 1.29 is 14.3 Å². The Morgan fingerprint density at radius 3 is 2.58 bits per heavy atom. The van der Waals surface area contributed by atoms with Gasteiger partial charge < -0.3 is 21.1 Å². The molecule has 1 aliphatic carbocycles. The number of nitrogens with zero attached hydrogens (tertiary/aromatic N) is 1. The molecular weight excluding hydrogens is 246 g/mol. The first-order valence-corrected chi connectivity index (χ1v) is 6.75. The van der Waals surface area contributed by atoms with Gasteiger partial charge in [-0.25, -0.2) is 0 Å². The maximum Gasteiger partial charge on any atom is 0.244 e. The molecule has 19 heavy (non-hydrogen) atoms. The normalized spacial score (nSPS) is 35.4. The fraction of sp³-hybridized carbons (Fsp3) is 0.846. The highest BCUT2D eigenvalue weighted by atomic mass is 16.5. The Morgan fingerprint density at radius 2 is 2.05 bits per heavy atom. The number of primary amides is 1. The smallest absolute Gasteiger partial charge is 0.244 e. The maximum absolute atomic E-state index is 12.7. The van der Waals surface area contributed by atoms with Crippen molar-refractivity contribution in [3.8, 4) is 0 Å². The molecule has 1 heterocycles. The number of hydrogen-bond donors (Lipinski definition) is 2. The fourth-order valence-electron chi connectivity index (χ4n) is 3.60. The van der Waals surface area contributed by atoms with Crippen molar-refractivity contribution in [2.24, 2.45) is 22.8 Å². The molecule has 3 atom stereocenters. The predicted octanol–water partition coefficient (Wildman–Crippen LogP) is -0.537. The van der Waals surface area contributed by atoms with E-state index in [-0.39, 0.29) is 24.5 Å². The Morgan fingerprint density at radius 1 is 1.42 bits per heavy atom. The number of carbonyl (C=O) groups excluding carboxylic acids is 2. The molecule has 4 N–H and O–H groups in total. The molecule has 0 aromatic rings. The Hall–Kier alpha value is -1.14. The topological polar surface area (TPSA) is 98.7 Å². The van der Waals surface area contributed by atoms with Gasteiger partial charge in [-0.3, -0.25) is 9.59 Å². The van der Waals surface area contributed by atoms with Crippen LogP contribution >= 0.6 is 0 Å². The number of fused-ring (bicyclic) bond motifs is 1. The van der Waals surface area contributed by atoms with Gasteiger partial charge in [-0.2, -0.15) is 0 Å². The lowest BCUT2D eigenvalue weighted by atomic mass is 9.47. The van der Waals surface area contributed by atoms with Gasteiger partial charge in [0.25, 0.3) is 0 Å². The molecule has 2 aliphatic rings. The van der Waals surface area contributed by atoms with E-state index in [2.05, 4.69) is 0 Å². The van der Waals surface area contributed by atoms with Crippen LogP contribution in [0.1, 0.15) is 27.2 Å². The van der Waals surface area contributed by atoms with Gasteiger partial charge in [0.05, 0.1) is 12.6 Å². The third-order valence-electron chi connectivity index (χ3n) is 4.82. The van der Waals surface area contributed by atoms with Crippen molar-refractivity contribution >= 4 is 11.8 Å². The Labute approximate surface area is 113 Å². The fourth-order valence-corrected chi connectivity index (χ4v) is 3.60. The summed E-state index contributed by atoms with van der Waals surface area (Å²) in [5, 5.41) is 0. The minimum atomic E-state index is -0.959. The van der Waals surface area contributed by atoms with Crippen LogP contribution in [0, 0.1) is 11.3 Å². The van der Waals surface area contributed by atoms with Crippen molar-refractivity contribution in [1.29, 1.82) is 0 Å². The summed E-state index contributed by atoms with van der Waals surface area (Å²) in [6.45, 7) is 6.72. The molecule has 1 saturated carbocycles. The zero-order valence-electron chi connectivity index (χ0n) is 11.8. The van der Waals surface area contributed by atoms with E-state index in [9.17, 15) is 9.59 Å². The third kappa shape index (κ3) is 1.77. The molecule has 2 amide bonds. The van der Waals surface area contributed by atoms with Crippen LogP contribution in [0.2, 0.25) is 0 Å². The maximum atomic E-state index is 12.7. The lowest BCUT2D eigenvalue weighted by Gasteiger charge is -2.61. The van der Waals surface area contributed by atoms with Crippen LogP contribution in [-0.4, -0.2) is 48.1 Å². The molecule has 1 aliphatic heterocycles. The minimum Gasteiger partial charge on any atom is -0.377 e. The summed E-state index contributed by atoms with van der Waals surface area (Å²) in [5.74, 6) is -0.669. The number of nitrogens with two attached hydrogens (primary N) is 2. The number of ether oxygens (including phenoxy) is 1. The second kappa shape index (κ2) is 4.45. The van der Waals surface area contributed by atoms with Gasteiger partial charge in [-0.05, 0) is 13.3 Å². The highest BCUT2D eigenvalue weighted by Gasteiger charge is 2.71. The van der Waals surface area contributed by atoms with Gasteiger partial charge in [0.1, 0.15) is 5.54 Å². The molecule has 0 aromatic carbocycles. The van der Waals surface area contributed by atoms with E-state index in [4.69, 9.17) is 16.2 Å². The van der Waals surface area contributed by atoms with Gasteiger partial charge in [0.15, 0.2) is 0 Å². The number of hydrogen-bond acceptors (Lipinski definition) is 4. The van der Waals surface area contributed by atoms with Crippen molar-refractivity contribution in [3.05, 3.63) is 0 Å². The highest BCUT2D eigenvalue weighted by Crippen LogP contribution is 2.58. The van der Waals surface area contributed by atoms with Crippen LogP contribution in [0.3, 0.4) is 0 Å². The average Bonchev–Trinajstić information content (AvgIpc) is 2.81. The minimum absolute atomic E-state index is 0.0359. The van der Waals surface area contributed by atoms with Crippen molar-refractivity contribution in [2.75, 3.05) is 19.7 Å². The molecule has 0 aromatic heterocycles. The number of carbonyl (C=O) groups is 2. The standard InChI is InChI=1S/C13H23N3O3/c1-4-16(7-9(14)17)11(18)13(15)8-5-6-19-10(8)12(13,2)3/h8,10H,4-7,15H2,1-3H3,(H2,14,17). The van der Waals surface area contributed by atoms with E-state index in [1.807, 2.05) is 20.8 Å². The average molecular weight is 269 g/mol. The van der Waals surface area contributed by atoms with E-state index in [1.54, 1.807) is 0 Å². The van der Waals surface area contributed by atoms with Crippen LogP contribution in [0.5, 0.6) is 0 Å². The molecule has 6 nitrogen and oxygen atoms in total. The first-order valence-electron chi connectivity index (χ1n) is 6.75. The van der Waals surface area contributed by atoms with Gasteiger partial charge in [0, 0.05) is 24.5 Å². The van der Waals surface area contributed by atoms with E-state index in [1.165, 1.54) is 4.90 Å². The molecule has 3 unspecified atom stereocenters. The second-order valence-corrected chi connectivity index (χ2v) is 6.06. The van der Waals surface area contributed by atoms with Crippen LogP contribution in [0.25, 0.3) is 0 Å². The third-order valence-corrected chi connectivity index (χ3v) is 4.82. The molecule has 2 rings (SSSR count). The van der Waals surface area contributed by atoms with E-state index in [0.717, 1.165) is 6.42 Å². The van der Waals surface area contributed by atoms with E-state index in [0.29, 0.717) is 13.2 Å². The Kier molecular flexibility index (Phi) is 3.35. The Balaban J connectivity index is 2.24. The van der Waals surface area contributed by atoms with Crippen molar-refractivity contribution in [3.63, 3.8) is 0 Å². The van der Waals surface area contributed by atoms with Crippen LogP contribution in [0.15, 0.2) is 0 Å². The zero-order chi connectivity index (χ0) is 14.4. The van der Waals surface area contributed by atoms with Crippen molar-refractivity contribution in [2.45, 2.75) is 38.8 Å². The first-order chi connectivity index (χ1) is 8.76. The summed E-state index contributed by atoms with van der Waals surface area (Å²) in [6.07, 6.45) is 0.832. The number of amides is 2. The molecular formula is C13H23N3O3. The van der Waals surface area contributed by atoms with Gasteiger partial charge in [-0.15, -0.1) is 0 Å². The highest BCUT2D eigenvalue weighted by molar-refractivity contribution is 5.92. The summed E-state index contributed by atoms with van der Waals surface area (Å²) in [6, 6.07) is 0. The lowest BCUT2D eigenvalue weighted by molar-refractivity contribution is -0.184. The second-order valence-electron chi connectivity index (χ2n) is 6.06. The van der Waals surface area contributed by atoms with Gasteiger partial charge in [0.2, 0.25) is 11.8 Å². The number of likely N-dealkylation sites (N-methyl/N-ethyl adjacent to an activating group) is 1. The summed E-state index contributed by atoms with van der Waals surface area (Å²) in [4.78, 5) is 25.2. The molecule has 6 heteroatoms. The molecule has 2 fully saturated rings. The van der Waals surface area contributed by atoms with Crippen LogP contribution in [0.4, 0.5) is 0 Å². The SMILES string of the molecule is CCN(CC(N)=O)C(=O)C1(N)C2CCOC2C1(C)C. The monoisotopic (exact) mass is 269 g/mol. The number of rotatable bonds is 4. The molecule has 0 radical (unpaired) electrons. The molecule has 0 spiro atoms. The zero-order valence-corrected chi connectivity index (χ0v) is 11.8. The van der Waals surface area contributed by atoms with Gasteiger partial charge in [-0.1, -0.05) is 13.8 Å². The van der Waals surface area contributed by atoms with Crippen molar-refractivity contribution in [1.82, 2.24) is 4.90 Å². The molecule has 0 bridgehead atoms. The van der Waals surface area contributed by atoms with Crippen LogP contribution < -0.4 is 11.5 Å². The largest absolute Gasteiger partial charge is 0.377 e. The lowest BCUT2D eigenvalue weighted by Crippen LogP contribution is -2.80. The Bertz CT molecular complexity index is 410. The molecule has 1 saturated heterocycles. The van der Waals surface area contributed by atoms with Gasteiger partial charge >= 0.3 is 0 Å². The quantitative estimate of drug-likeness (QED) is 0.716. The summed E-state index contributed by atoms with van der Waals surface area (Å²) < 4.78 is 5.66. The van der Waals surface area contributed by atoms with Crippen LogP contribution in [-0.2, 0) is 14.3 Å². The van der Waals surface area contributed by atoms with E-state index >= 15 is 0 Å². The first kappa shape index (κ1) is 14.3. The summed E-state index contributed by atoms with van der Waals surface area (Å²) in [7, 11) is 0. The summed E-state index contributed by atoms with van der Waals surface area (Å²) in [5.41, 5.74) is 10.2. The summed E-state index contributed by atoms with van der Waals surface area (Å²) >= 11 is 0.